The number of amides is 1. The lowest BCUT2D eigenvalue weighted by Gasteiger charge is -2.16. The molecule has 0 saturated heterocycles. The predicted octanol–water partition coefficient (Wildman–Crippen LogP) is 2.20. The second-order valence-corrected chi connectivity index (χ2v) is 3.78. The standard InChI is InChI=1S/C11H11F2NO/c1-14(8-3-4-8)11(15)7-2-5-9(12)10(13)6-7/h2,5-6,8H,3-4H2,1H3. The molecule has 0 spiro atoms. The zero-order chi connectivity index (χ0) is 11.0. The van der Waals surface area contributed by atoms with E-state index in [1.54, 1.807) is 11.9 Å². The van der Waals surface area contributed by atoms with Crippen LogP contribution in [-0.4, -0.2) is 23.9 Å². The van der Waals surface area contributed by atoms with E-state index in [1.165, 1.54) is 6.07 Å². The third-order valence-electron chi connectivity index (χ3n) is 2.58. The Morgan fingerprint density at radius 3 is 2.53 bits per heavy atom. The molecule has 1 amide bonds. The number of nitrogens with zero attached hydrogens (tertiary/aromatic N) is 1. The quantitative estimate of drug-likeness (QED) is 0.734. The highest BCUT2D eigenvalue weighted by Crippen LogP contribution is 2.26. The third-order valence-corrected chi connectivity index (χ3v) is 2.58. The van der Waals surface area contributed by atoms with Crippen molar-refractivity contribution in [3.05, 3.63) is 35.4 Å². The van der Waals surface area contributed by atoms with Gasteiger partial charge in [-0.2, -0.15) is 0 Å². The fourth-order valence-electron chi connectivity index (χ4n) is 1.46. The Balaban J connectivity index is 2.21. The first-order valence-electron chi connectivity index (χ1n) is 4.82. The smallest absolute Gasteiger partial charge is 0.253 e. The average molecular weight is 211 g/mol. The first kappa shape index (κ1) is 10.1. The summed E-state index contributed by atoms with van der Waals surface area (Å²) < 4.78 is 25.5. The highest BCUT2D eigenvalue weighted by molar-refractivity contribution is 5.94. The van der Waals surface area contributed by atoms with E-state index in [2.05, 4.69) is 0 Å². The lowest BCUT2D eigenvalue weighted by molar-refractivity contribution is 0.0784. The molecule has 1 saturated carbocycles. The molecule has 0 radical (unpaired) electrons. The van der Waals surface area contributed by atoms with Crippen LogP contribution in [0.25, 0.3) is 0 Å². The van der Waals surface area contributed by atoms with E-state index in [0.29, 0.717) is 0 Å². The van der Waals surface area contributed by atoms with Gasteiger partial charge in [0.15, 0.2) is 11.6 Å². The van der Waals surface area contributed by atoms with Gasteiger partial charge in [0.05, 0.1) is 0 Å². The van der Waals surface area contributed by atoms with Crippen LogP contribution in [0.4, 0.5) is 8.78 Å². The number of carbonyl (C=O) groups excluding carboxylic acids is 1. The first-order chi connectivity index (χ1) is 7.09. The second-order valence-electron chi connectivity index (χ2n) is 3.78. The van der Waals surface area contributed by atoms with Crippen LogP contribution in [-0.2, 0) is 0 Å². The van der Waals surface area contributed by atoms with Crippen molar-refractivity contribution in [1.29, 1.82) is 0 Å². The lowest BCUT2D eigenvalue weighted by Crippen LogP contribution is -2.28. The molecule has 2 nitrogen and oxygen atoms in total. The number of carbonyl (C=O) groups is 1. The second kappa shape index (κ2) is 3.61. The molecule has 1 aromatic carbocycles. The summed E-state index contributed by atoms with van der Waals surface area (Å²) >= 11 is 0. The van der Waals surface area contributed by atoms with E-state index in [-0.39, 0.29) is 17.5 Å². The van der Waals surface area contributed by atoms with Crippen molar-refractivity contribution in [3.8, 4) is 0 Å². The molecule has 0 aromatic heterocycles. The summed E-state index contributed by atoms with van der Waals surface area (Å²) in [6.45, 7) is 0. The number of hydrogen-bond donors (Lipinski definition) is 0. The summed E-state index contributed by atoms with van der Waals surface area (Å²) in [5, 5.41) is 0. The summed E-state index contributed by atoms with van der Waals surface area (Å²) in [7, 11) is 1.68. The molecule has 15 heavy (non-hydrogen) atoms. The molecule has 1 aromatic rings. The van der Waals surface area contributed by atoms with E-state index in [1.807, 2.05) is 0 Å². The van der Waals surface area contributed by atoms with E-state index >= 15 is 0 Å². The van der Waals surface area contributed by atoms with Crippen molar-refractivity contribution in [3.63, 3.8) is 0 Å². The Bertz CT molecular complexity index is 402. The highest BCUT2D eigenvalue weighted by Gasteiger charge is 2.30. The minimum Gasteiger partial charge on any atom is -0.339 e. The Morgan fingerprint density at radius 2 is 2.00 bits per heavy atom. The van der Waals surface area contributed by atoms with Gasteiger partial charge in [-0.1, -0.05) is 0 Å². The lowest BCUT2D eigenvalue weighted by atomic mass is 10.2. The van der Waals surface area contributed by atoms with Crippen LogP contribution >= 0.6 is 0 Å². The minimum absolute atomic E-state index is 0.198. The van der Waals surface area contributed by atoms with Crippen LogP contribution in [0.15, 0.2) is 18.2 Å². The van der Waals surface area contributed by atoms with Gasteiger partial charge < -0.3 is 4.90 Å². The molecule has 0 N–H and O–H groups in total. The van der Waals surface area contributed by atoms with Crippen LogP contribution in [0.3, 0.4) is 0 Å². The maximum atomic E-state index is 12.9. The largest absolute Gasteiger partial charge is 0.339 e. The summed E-state index contributed by atoms with van der Waals surface area (Å²) in [5.74, 6) is -2.16. The van der Waals surface area contributed by atoms with Crippen molar-refractivity contribution in [2.75, 3.05) is 7.05 Å². The molecule has 80 valence electrons. The van der Waals surface area contributed by atoms with Crippen molar-refractivity contribution in [1.82, 2.24) is 4.90 Å². The summed E-state index contributed by atoms with van der Waals surface area (Å²) in [5.41, 5.74) is 0.198. The van der Waals surface area contributed by atoms with Crippen LogP contribution in [0.2, 0.25) is 0 Å². The van der Waals surface area contributed by atoms with Gasteiger partial charge in [-0.05, 0) is 31.0 Å². The van der Waals surface area contributed by atoms with Gasteiger partial charge in [0, 0.05) is 18.7 Å². The Kier molecular flexibility index (Phi) is 2.42. The third kappa shape index (κ3) is 1.98. The molecule has 0 bridgehead atoms. The molecule has 1 aliphatic rings. The fraction of sp³-hybridized carbons (Fsp3) is 0.364. The van der Waals surface area contributed by atoms with Crippen molar-refractivity contribution < 1.29 is 13.6 Å². The normalized spacial score (nSPS) is 15.1. The number of hydrogen-bond acceptors (Lipinski definition) is 1. The fourth-order valence-corrected chi connectivity index (χ4v) is 1.46. The molecule has 1 aliphatic carbocycles. The van der Waals surface area contributed by atoms with E-state index in [9.17, 15) is 13.6 Å². The molecule has 0 aliphatic heterocycles. The maximum absolute atomic E-state index is 12.9. The van der Waals surface area contributed by atoms with Gasteiger partial charge in [0.1, 0.15) is 0 Å². The van der Waals surface area contributed by atoms with Gasteiger partial charge in [-0.25, -0.2) is 8.78 Å². The van der Waals surface area contributed by atoms with Crippen LogP contribution in [0.1, 0.15) is 23.2 Å². The monoisotopic (exact) mass is 211 g/mol. The Hall–Kier alpha value is -1.45. The van der Waals surface area contributed by atoms with E-state index in [4.69, 9.17) is 0 Å². The van der Waals surface area contributed by atoms with Crippen molar-refractivity contribution in [2.24, 2.45) is 0 Å². The Morgan fingerprint density at radius 1 is 1.33 bits per heavy atom. The van der Waals surface area contributed by atoms with Crippen molar-refractivity contribution in [2.45, 2.75) is 18.9 Å². The number of rotatable bonds is 2. The van der Waals surface area contributed by atoms with E-state index < -0.39 is 11.6 Å². The minimum atomic E-state index is -0.981. The first-order valence-corrected chi connectivity index (χ1v) is 4.82. The van der Waals surface area contributed by atoms with Crippen molar-refractivity contribution >= 4 is 5.91 Å². The van der Waals surface area contributed by atoms with Gasteiger partial charge in [0.2, 0.25) is 0 Å². The molecular weight excluding hydrogens is 200 g/mol. The number of benzene rings is 1. The SMILES string of the molecule is CN(C(=O)c1ccc(F)c(F)c1)C1CC1. The molecule has 4 heteroatoms. The predicted molar refractivity (Wildman–Crippen MR) is 51.5 cm³/mol. The van der Waals surface area contributed by atoms with E-state index in [0.717, 1.165) is 25.0 Å². The maximum Gasteiger partial charge on any atom is 0.253 e. The van der Waals surface area contributed by atoms with Crippen LogP contribution in [0, 0.1) is 11.6 Å². The summed E-state index contributed by atoms with van der Waals surface area (Å²) in [4.78, 5) is 13.3. The summed E-state index contributed by atoms with van der Waals surface area (Å²) in [6.07, 6.45) is 1.98. The van der Waals surface area contributed by atoms with Crippen LogP contribution in [0.5, 0.6) is 0 Å². The van der Waals surface area contributed by atoms with Gasteiger partial charge in [-0.3, -0.25) is 4.79 Å². The molecule has 2 rings (SSSR count). The highest BCUT2D eigenvalue weighted by atomic mass is 19.2. The zero-order valence-corrected chi connectivity index (χ0v) is 8.34. The van der Waals surface area contributed by atoms with Gasteiger partial charge >= 0.3 is 0 Å². The average Bonchev–Trinajstić information content (AvgIpc) is 3.03. The molecule has 0 heterocycles. The zero-order valence-electron chi connectivity index (χ0n) is 8.34. The van der Waals surface area contributed by atoms with Gasteiger partial charge in [0.25, 0.3) is 5.91 Å². The number of halogens is 2. The summed E-state index contributed by atoms with van der Waals surface area (Å²) in [6, 6.07) is 3.49. The van der Waals surface area contributed by atoms with Crippen LogP contribution < -0.4 is 0 Å². The molecule has 0 atom stereocenters. The topological polar surface area (TPSA) is 20.3 Å². The van der Waals surface area contributed by atoms with Gasteiger partial charge in [-0.15, -0.1) is 0 Å². The molecule has 0 unspecified atom stereocenters. The molecule has 1 fully saturated rings. The Labute approximate surface area is 86.5 Å². The molecular formula is C11H11F2NO.